The van der Waals surface area contributed by atoms with E-state index in [-0.39, 0.29) is 10.8 Å². The maximum Gasteiger partial charge on any atom is 0.337 e. The Bertz CT molecular complexity index is 1060. The molecule has 2 aromatic carbocycles. The van der Waals surface area contributed by atoms with Crippen LogP contribution in [-0.4, -0.2) is 18.1 Å². The number of hydrogen-bond acceptors (Lipinski definition) is 3. The standard InChI is InChI=1S/C22H23NO3/c1-13-10-15(22(2,3)4)7-8-16(13)19-12-20(24)17-11-14(21(25)26-5)6-9-18(17)23-19/h6-12H,1-5H3,(H,23,24). The van der Waals surface area contributed by atoms with Gasteiger partial charge in [0.05, 0.1) is 12.7 Å². The molecule has 26 heavy (non-hydrogen) atoms. The molecule has 0 atom stereocenters. The molecule has 3 aromatic rings. The SMILES string of the molecule is COC(=O)c1ccc2[nH]c(-c3ccc(C(C)(C)C)cc3C)cc(=O)c2c1. The van der Waals surface area contributed by atoms with E-state index < -0.39 is 5.97 Å². The van der Waals surface area contributed by atoms with Crippen LogP contribution < -0.4 is 5.43 Å². The van der Waals surface area contributed by atoms with Gasteiger partial charge in [-0.15, -0.1) is 0 Å². The number of H-pyrrole nitrogens is 1. The lowest BCUT2D eigenvalue weighted by Gasteiger charge is -2.20. The highest BCUT2D eigenvalue weighted by atomic mass is 16.5. The second-order valence-corrected chi connectivity index (χ2v) is 7.58. The van der Waals surface area contributed by atoms with Crippen LogP contribution in [0.3, 0.4) is 0 Å². The smallest absolute Gasteiger partial charge is 0.337 e. The third kappa shape index (κ3) is 3.27. The average molecular weight is 349 g/mol. The van der Waals surface area contributed by atoms with Crippen molar-refractivity contribution < 1.29 is 9.53 Å². The monoisotopic (exact) mass is 349 g/mol. The van der Waals surface area contributed by atoms with Crippen molar-refractivity contribution in [2.75, 3.05) is 7.11 Å². The molecule has 3 rings (SSSR count). The summed E-state index contributed by atoms with van der Waals surface area (Å²) in [5.74, 6) is -0.455. The molecule has 0 radical (unpaired) electrons. The van der Waals surface area contributed by atoms with Gasteiger partial charge in [0.25, 0.3) is 0 Å². The molecule has 134 valence electrons. The molecule has 0 aliphatic carbocycles. The number of fused-ring (bicyclic) bond motifs is 1. The van der Waals surface area contributed by atoms with Gasteiger partial charge < -0.3 is 9.72 Å². The minimum absolute atomic E-state index is 0.0738. The van der Waals surface area contributed by atoms with Gasteiger partial charge in [-0.3, -0.25) is 4.79 Å². The van der Waals surface area contributed by atoms with Crippen molar-refractivity contribution in [3.63, 3.8) is 0 Å². The lowest BCUT2D eigenvalue weighted by molar-refractivity contribution is 0.0601. The molecular formula is C22H23NO3. The molecule has 0 fully saturated rings. The first kappa shape index (κ1) is 17.9. The maximum atomic E-state index is 12.6. The van der Waals surface area contributed by atoms with Gasteiger partial charge in [-0.1, -0.05) is 39.0 Å². The van der Waals surface area contributed by atoms with Gasteiger partial charge in [0.2, 0.25) is 0 Å². The van der Waals surface area contributed by atoms with Crippen LogP contribution >= 0.6 is 0 Å². The number of benzene rings is 2. The van der Waals surface area contributed by atoms with Crippen molar-refractivity contribution >= 4 is 16.9 Å². The Morgan fingerprint density at radius 3 is 2.38 bits per heavy atom. The van der Waals surface area contributed by atoms with E-state index in [1.165, 1.54) is 12.7 Å². The zero-order valence-electron chi connectivity index (χ0n) is 15.8. The number of methoxy groups -OCH3 is 1. The molecular weight excluding hydrogens is 326 g/mol. The molecule has 1 aromatic heterocycles. The highest BCUT2D eigenvalue weighted by molar-refractivity contribution is 5.94. The van der Waals surface area contributed by atoms with Crippen molar-refractivity contribution in [2.45, 2.75) is 33.1 Å². The maximum absolute atomic E-state index is 12.6. The van der Waals surface area contributed by atoms with E-state index in [1.54, 1.807) is 24.3 Å². The summed E-state index contributed by atoms with van der Waals surface area (Å²) >= 11 is 0. The molecule has 4 heteroatoms. The molecule has 0 aliphatic rings. The Labute approximate surface area is 152 Å². The summed E-state index contributed by atoms with van der Waals surface area (Å²) < 4.78 is 4.72. The number of nitrogens with one attached hydrogen (secondary N) is 1. The number of carbonyl (C=O) groups is 1. The van der Waals surface area contributed by atoms with Gasteiger partial charge in [0.15, 0.2) is 5.43 Å². The first-order valence-electron chi connectivity index (χ1n) is 8.57. The van der Waals surface area contributed by atoms with E-state index in [0.29, 0.717) is 16.5 Å². The molecule has 0 saturated heterocycles. The second kappa shape index (κ2) is 6.45. The fraction of sp³-hybridized carbons (Fsp3) is 0.273. The predicted octanol–water partition coefficient (Wildman–Crippen LogP) is 4.59. The topological polar surface area (TPSA) is 59.2 Å². The summed E-state index contributed by atoms with van der Waals surface area (Å²) in [6, 6.07) is 12.9. The minimum atomic E-state index is -0.455. The van der Waals surface area contributed by atoms with Gasteiger partial charge in [0.1, 0.15) is 0 Å². The largest absolute Gasteiger partial charge is 0.465 e. The van der Waals surface area contributed by atoms with E-state index in [9.17, 15) is 9.59 Å². The number of aromatic nitrogens is 1. The average Bonchev–Trinajstić information content (AvgIpc) is 2.59. The molecule has 4 nitrogen and oxygen atoms in total. The van der Waals surface area contributed by atoms with Crippen molar-refractivity contribution in [2.24, 2.45) is 0 Å². The van der Waals surface area contributed by atoms with Crippen LogP contribution in [0.4, 0.5) is 0 Å². The zero-order chi connectivity index (χ0) is 19.1. The lowest BCUT2D eigenvalue weighted by atomic mass is 9.85. The molecule has 1 N–H and O–H groups in total. The second-order valence-electron chi connectivity index (χ2n) is 7.58. The van der Waals surface area contributed by atoms with Crippen LogP contribution in [0.5, 0.6) is 0 Å². The zero-order valence-corrected chi connectivity index (χ0v) is 15.8. The van der Waals surface area contributed by atoms with E-state index in [4.69, 9.17) is 4.74 Å². The summed E-state index contributed by atoms with van der Waals surface area (Å²) in [5, 5.41) is 0.473. The van der Waals surface area contributed by atoms with E-state index in [1.807, 2.05) is 6.92 Å². The summed E-state index contributed by atoms with van der Waals surface area (Å²) in [5.41, 5.74) is 5.13. The highest BCUT2D eigenvalue weighted by Crippen LogP contribution is 2.29. The number of aromatic amines is 1. The molecule has 1 heterocycles. The molecule has 0 unspecified atom stereocenters. The third-order valence-corrected chi connectivity index (χ3v) is 4.63. The Kier molecular flexibility index (Phi) is 4.45. The van der Waals surface area contributed by atoms with Crippen LogP contribution in [0.15, 0.2) is 47.3 Å². The number of carbonyl (C=O) groups excluding carboxylic acids is 1. The first-order valence-corrected chi connectivity index (χ1v) is 8.57. The lowest BCUT2D eigenvalue weighted by Crippen LogP contribution is -2.11. The summed E-state index contributed by atoms with van der Waals surface area (Å²) in [4.78, 5) is 27.6. The van der Waals surface area contributed by atoms with Crippen molar-refractivity contribution in [1.29, 1.82) is 0 Å². The molecule has 0 aliphatic heterocycles. The van der Waals surface area contributed by atoms with Gasteiger partial charge >= 0.3 is 5.97 Å². The number of ether oxygens (including phenoxy) is 1. The van der Waals surface area contributed by atoms with Crippen LogP contribution in [-0.2, 0) is 10.2 Å². The third-order valence-electron chi connectivity index (χ3n) is 4.63. The van der Waals surface area contributed by atoms with Crippen LogP contribution in [0.25, 0.3) is 22.2 Å². The van der Waals surface area contributed by atoms with Crippen molar-refractivity contribution in [1.82, 2.24) is 4.98 Å². The van der Waals surface area contributed by atoms with Crippen LogP contribution in [0, 0.1) is 6.92 Å². The number of aryl methyl sites for hydroxylation is 1. The number of rotatable bonds is 2. The highest BCUT2D eigenvalue weighted by Gasteiger charge is 2.16. The normalized spacial score (nSPS) is 11.6. The fourth-order valence-electron chi connectivity index (χ4n) is 3.07. The summed E-state index contributed by atoms with van der Waals surface area (Å²) in [6.45, 7) is 8.59. The summed E-state index contributed by atoms with van der Waals surface area (Å²) in [7, 11) is 1.32. The van der Waals surface area contributed by atoms with Crippen LogP contribution in [0.1, 0.15) is 42.3 Å². The quantitative estimate of drug-likeness (QED) is 0.689. The van der Waals surface area contributed by atoms with Gasteiger partial charge in [0, 0.05) is 28.2 Å². The number of hydrogen-bond donors (Lipinski definition) is 1. The van der Waals surface area contributed by atoms with E-state index >= 15 is 0 Å². The van der Waals surface area contributed by atoms with Crippen molar-refractivity contribution in [3.05, 3.63) is 69.4 Å². The Morgan fingerprint density at radius 1 is 1.04 bits per heavy atom. The van der Waals surface area contributed by atoms with Gasteiger partial charge in [-0.25, -0.2) is 4.79 Å². The Balaban J connectivity index is 2.13. The summed E-state index contributed by atoms with van der Waals surface area (Å²) in [6.07, 6.45) is 0. The molecule has 0 bridgehead atoms. The molecule has 0 amide bonds. The van der Waals surface area contributed by atoms with Gasteiger partial charge in [-0.05, 0) is 41.7 Å². The Morgan fingerprint density at radius 2 is 1.77 bits per heavy atom. The van der Waals surface area contributed by atoms with E-state index in [0.717, 1.165) is 16.8 Å². The molecule has 0 spiro atoms. The minimum Gasteiger partial charge on any atom is -0.465 e. The van der Waals surface area contributed by atoms with Crippen LogP contribution in [0.2, 0.25) is 0 Å². The fourth-order valence-corrected chi connectivity index (χ4v) is 3.07. The van der Waals surface area contributed by atoms with E-state index in [2.05, 4.69) is 44.0 Å². The van der Waals surface area contributed by atoms with Crippen molar-refractivity contribution in [3.8, 4) is 11.3 Å². The molecule has 0 saturated carbocycles. The first-order chi connectivity index (χ1) is 12.2. The number of pyridine rings is 1. The Hall–Kier alpha value is -2.88. The number of esters is 1. The van der Waals surface area contributed by atoms with Gasteiger partial charge in [-0.2, -0.15) is 0 Å². The predicted molar refractivity (Wildman–Crippen MR) is 105 cm³/mol.